The molecule has 1 amide bonds. The normalized spacial score (nSPS) is 18.2. The molecule has 0 unspecified atom stereocenters. The fourth-order valence-electron chi connectivity index (χ4n) is 2.46. The highest BCUT2D eigenvalue weighted by Gasteiger charge is 2.27. The fraction of sp³-hybridized carbons (Fsp3) is 0.400. The maximum Gasteiger partial charge on any atom is 0.264 e. The molecule has 1 saturated heterocycles. The van der Waals surface area contributed by atoms with Gasteiger partial charge in [0, 0.05) is 25.3 Å². The Bertz CT molecular complexity index is 665. The number of carbonyl (C=O) groups is 1. The van der Waals surface area contributed by atoms with Crippen LogP contribution < -0.4 is 5.73 Å². The molecule has 1 aliphatic heterocycles. The molecule has 3 heterocycles. The molecule has 110 valence electrons. The van der Waals surface area contributed by atoms with Crippen LogP contribution in [0.1, 0.15) is 27.3 Å². The van der Waals surface area contributed by atoms with E-state index in [2.05, 4.69) is 9.97 Å². The lowest BCUT2D eigenvalue weighted by atomic mass is 10.2. The minimum Gasteiger partial charge on any atom is -0.336 e. The summed E-state index contributed by atoms with van der Waals surface area (Å²) in [5, 5.41) is 0. The second-order valence-corrected chi connectivity index (χ2v) is 6.52. The molecule has 0 bridgehead atoms. The van der Waals surface area contributed by atoms with E-state index in [4.69, 9.17) is 5.73 Å². The van der Waals surface area contributed by atoms with Crippen LogP contribution in [0.2, 0.25) is 0 Å². The van der Waals surface area contributed by atoms with Crippen molar-refractivity contribution in [2.75, 3.05) is 13.1 Å². The second kappa shape index (κ2) is 5.54. The van der Waals surface area contributed by atoms with Crippen molar-refractivity contribution in [3.05, 3.63) is 34.6 Å². The van der Waals surface area contributed by atoms with Crippen molar-refractivity contribution in [2.24, 2.45) is 5.73 Å². The molecule has 3 rings (SSSR count). The Morgan fingerprint density at radius 2 is 2.19 bits per heavy atom. The third-order valence-corrected chi connectivity index (χ3v) is 4.90. The largest absolute Gasteiger partial charge is 0.336 e. The summed E-state index contributed by atoms with van der Waals surface area (Å²) in [5.74, 6) is 0.0803. The van der Waals surface area contributed by atoms with E-state index in [0.29, 0.717) is 6.54 Å². The van der Waals surface area contributed by atoms with Gasteiger partial charge in [0.25, 0.3) is 5.91 Å². The Morgan fingerprint density at radius 1 is 1.38 bits per heavy atom. The van der Waals surface area contributed by atoms with Gasteiger partial charge in [-0.15, -0.1) is 11.3 Å². The van der Waals surface area contributed by atoms with Crippen molar-refractivity contribution in [1.29, 1.82) is 0 Å². The average Bonchev–Trinajstić information content (AvgIpc) is 3.05. The van der Waals surface area contributed by atoms with Gasteiger partial charge in [-0.1, -0.05) is 0 Å². The number of aromatic nitrogens is 2. The maximum atomic E-state index is 12.6. The third kappa shape index (κ3) is 2.82. The number of rotatable bonds is 2. The zero-order valence-corrected chi connectivity index (χ0v) is 13.0. The molecule has 21 heavy (non-hydrogen) atoms. The Kier molecular flexibility index (Phi) is 3.73. The van der Waals surface area contributed by atoms with Crippen molar-refractivity contribution < 1.29 is 4.79 Å². The predicted octanol–water partition coefficient (Wildman–Crippen LogP) is 2.00. The van der Waals surface area contributed by atoms with E-state index < -0.39 is 0 Å². The lowest BCUT2D eigenvalue weighted by Gasteiger charge is -2.14. The van der Waals surface area contributed by atoms with E-state index in [0.717, 1.165) is 39.7 Å². The van der Waals surface area contributed by atoms with Crippen molar-refractivity contribution in [2.45, 2.75) is 26.3 Å². The van der Waals surface area contributed by atoms with Crippen LogP contribution in [0, 0.1) is 13.8 Å². The molecule has 1 aliphatic rings. The monoisotopic (exact) mass is 302 g/mol. The van der Waals surface area contributed by atoms with Gasteiger partial charge in [-0.2, -0.15) is 0 Å². The summed E-state index contributed by atoms with van der Waals surface area (Å²) in [6.07, 6.45) is 4.37. The van der Waals surface area contributed by atoms with Crippen LogP contribution in [0.5, 0.6) is 0 Å². The van der Waals surface area contributed by atoms with Crippen LogP contribution in [0.15, 0.2) is 18.5 Å². The highest BCUT2D eigenvalue weighted by atomic mass is 32.1. The van der Waals surface area contributed by atoms with Gasteiger partial charge in [-0.25, -0.2) is 0 Å². The molecule has 6 heteroatoms. The standard InChI is InChI=1S/C15H18N4OS/c1-9-5-13(12-7-17-10(2)6-18-12)21-14(9)15(20)19-4-3-11(16)8-19/h5-7,11H,3-4,8,16H2,1-2H3/t11-/m0/s1. The second-order valence-electron chi connectivity index (χ2n) is 5.47. The molecule has 0 radical (unpaired) electrons. The molecule has 1 atom stereocenters. The van der Waals surface area contributed by atoms with Gasteiger partial charge in [0.15, 0.2) is 0 Å². The predicted molar refractivity (Wildman–Crippen MR) is 83.3 cm³/mol. The quantitative estimate of drug-likeness (QED) is 0.921. The Hall–Kier alpha value is -1.79. The van der Waals surface area contributed by atoms with Gasteiger partial charge in [-0.3, -0.25) is 14.8 Å². The fourth-order valence-corrected chi connectivity index (χ4v) is 3.56. The van der Waals surface area contributed by atoms with Crippen LogP contribution in [-0.4, -0.2) is 39.9 Å². The van der Waals surface area contributed by atoms with Gasteiger partial charge >= 0.3 is 0 Å². The van der Waals surface area contributed by atoms with Crippen LogP contribution in [0.3, 0.4) is 0 Å². The zero-order chi connectivity index (χ0) is 15.0. The molecule has 2 aromatic rings. The summed E-state index contributed by atoms with van der Waals surface area (Å²) in [7, 11) is 0. The molecule has 2 aromatic heterocycles. The molecule has 0 spiro atoms. The van der Waals surface area contributed by atoms with Gasteiger partial charge in [0.1, 0.15) is 0 Å². The number of hydrogen-bond acceptors (Lipinski definition) is 5. The maximum absolute atomic E-state index is 12.6. The van der Waals surface area contributed by atoms with Crippen LogP contribution in [0.25, 0.3) is 10.6 Å². The zero-order valence-electron chi connectivity index (χ0n) is 12.2. The van der Waals surface area contributed by atoms with Crippen molar-refractivity contribution in [3.8, 4) is 10.6 Å². The van der Waals surface area contributed by atoms with Crippen molar-refractivity contribution in [3.63, 3.8) is 0 Å². The molecule has 0 aliphatic carbocycles. The number of nitrogens with two attached hydrogens (primary N) is 1. The highest BCUT2D eigenvalue weighted by molar-refractivity contribution is 7.17. The minimum atomic E-state index is 0.0803. The lowest BCUT2D eigenvalue weighted by Crippen LogP contribution is -2.31. The van der Waals surface area contributed by atoms with E-state index in [-0.39, 0.29) is 11.9 Å². The Labute approximate surface area is 127 Å². The Morgan fingerprint density at radius 3 is 2.81 bits per heavy atom. The topological polar surface area (TPSA) is 72.1 Å². The van der Waals surface area contributed by atoms with Crippen LogP contribution in [-0.2, 0) is 0 Å². The molecular weight excluding hydrogens is 284 g/mol. The molecule has 0 aromatic carbocycles. The first-order valence-electron chi connectivity index (χ1n) is 6.99. The molecule has 0 saturated carbocycles. The lowest BCUT2D eigenvalue weighted by molar-refractivity contribution is 0.0795. The number of hydrogen-bond donors (Lipinski definition) is 1. The first-order valence-corrected chi connectivity index (χ1v) is 7.80. The summed E-state index contributed by atoms with van der Waals surface area (Å²) >= 11 is 1.48. The smallest absolute Gasteiger partial charge is 0.264 e. The van der Waals surface area contributed by atoms with Crippen molar-refractivity contribution in [1.82, 2.24) is 14.9 Å². The van der Waals surface area contributed by atoms with Crippen molar-refractivity contribution >= 4 is 17.2 Å². The van der Waals surface area contributed by atoms with Gasteiger partial charge in [0.05, 0.1) is 27.3 Å². The number of amides is 1. The van der Waals surface area contributed by atoms with E-state index in [1.165, 1.54) is 11.3 Å². The first kappa shape index (κ1) is 14.2. The summed E-state index contributed by atoms with van der Waals surface area (Å²) in [4.78, 5) is 24.8. The number of likely N-dealkylation sites (tertiary alicyclic amines) is 1. The van der Waals surface area contributed by atoms with Crippen LogP contribution >= 0.6 is 11.3 Å². The molecular formula is C15H18N4OS. The minimum absolute atomic E-state index is 0.0803. The SMILES string of the molecule is Cc1cnc(-c2cc(C)c(C(=O)N3CC[C@H](N)C3)s2)cn1. The summed E-state index contributed by atoms with van der Waals surface area (Å²) < 4.78 is 0. The van der Waals surface area contributed by atoms with Gasteiger partial charge in [0.2, 0.25) is 0 Å². The summed E-state index contributed by atoms with van der Waals surface area (Å²) in [6.45, 7) is 5.26. The Balaban J connectivity index is 1.87. The first-order chi connectivity index (χ1) is 10.0. The van der Waals surface area contributed by atoms with E-state index in [1.54, 1.807) is 12.4 Å². The molecule has 5 nitrogen and oxygen atoms in total. The third-order valence-electron chi connectivity index (χ3n) is 3.66. The van der Waals surface area contributed by atoms with E-state index in [9.17, 15) is 4.79 Å². The molecule has 2 N–H and O–H groups in total. The van der Waals surface area contributed by atoms with Gasteiger partial charge in [-0.05, 0) is 31.9 Å². The van der Waals surface area contributed by atoms with E-state index >= 15 is 0 Å². The average molecular weight is 302 g/mol. The number of aryl methyl sites for hydroxylation is 2. The summed E-state index contributed by atoms with van der Waals surface area (Å²) in [5.41, 5.74) is 8.56. The summed E-state index contributed by atoms with van der Waals surface area (Å²) in [6, 6.07) is 2.12. The number of carbonyl (C=O) groups excluding carboxylic acids is 1. The number of nitrogens with zero attached hydrogens (tertiary/aromatic N) is 3. The molecule has 1 fully saturated rings. The van der Waals surface area contributed by atoms with E-state index in [1.807, 2.05) is 24.8 Å². The van der Waals surface area contributed by atoms with Gasteiger partial charge < -0.3 is 10.6 Å². The van der Waals surface area contributed by atoms with Crippen LogP contribution in [0.4, 0.5) is 0 Å². The highest BCUT2D eigenvalue weighted by Crippen LogP contribution is 2.31. The number of thiophene rings is 1.